The van der Waals surface area contributed by atoms with Crippen LogP contribution >= 0.6 is 11.6 Å². The molecular formula is C11H16ClN3O2. The highest BCUT2D eigenvalue weighted by atomic mass is 35.5. The molecule has 1 rings (SSSR count). The molecule has 0 aliphatic carbocycles. The molecule has 0 aliphatic heterocycles. The number of carbonyl (C=O) groups excluding carboxylic acids is 1. The van der Waals surface area contributed by atoms with Crippen LogP contribution in [0.4, 0.5) is 0 Å². The summed E-state index contributed by atoms with van der Waals surface area (Å²) in [6.07, 6.45) is 5.68. The molecule has 0 aliphatic rings. The molecule has 94 valence electrons. The largest absolute Gasteiger partial charge is 0.385 e. The molecule has 0 atom stereocenters. The maximum absolute atomic E-state index is 11.6. The van der Waals surface area contributed by atoms with Crippen LogP contribution in [-0.2, 0) is 4.74 Å². The number of rotatable bonds is 7. The molecule has 1 heterocycles. The third-order valence-corrected chi connectivity index (χ3v) is 2.36. The molecule has 0 radical (unpaired) electrons. The van der Waals surface area contributed by atoms with Crippen molar-refractivity contribution in [3.05, 3.63) is 23.2 Å². The number of halogens is 1. The van der Waals surface area contributed by atoms with Gasteiger partial charge < -0.3 is 10.1 Å². The summed E-state index contributed by atoms with van der Waals surface area (Å²) >= 11 is 5.57. The smallest absolute Gasteiger partial charge is 0.271 e. The summed E-state index contributed by atoms with van der Waals surface area (Å²) in [5, 5.41) is 3.05. The Labute approximate surface area is 106 Å². The van der Waals surface area contributed by atoms with Gasteiger partial charge in [-0.25, -0.2) is 9.97 Å². The molecule has 0 fully saturated rings. The molecule has 0 spiro atoms. The Kier molecular flexibility index (Phi) is 6.50. The number of carbonyl (C=O) groups is 1. The van der Waals surface area contributed by atoms with Crippen molar-refractivity contribution in [2.45, 2.75) is 19.3 Å². The van der Waals surface area contributed by atoms with Crippen LogP contribution in [0.2, 0.25) is 5.15 Å². The minimum Gasteiger partial charge on any atom is -0.385 e. The van der Waals surface area contributed by atoms with Crippen LogP contribution in [0.25, 0.3) is 0 Å². The summed E-state index contributed by atoms with van der Waals surface area (Å²) in [7, 11) is 1.68. The number of ether oxygens (including phenoxy) is 1. The standard InChI is InChI=1S/C11H16ClN3O2/c1-17-6-4-2-3-5-13-11(16)9-7-15-10(12)8-14-9/h7-8H,2-6H2,1H3,(H,13,16). The van der Waals surface area contributed by atoms with E-state index in [1.54, 1.807) is 7.11 Å². The third-order valence-electron chi connectivity index (χ3n) is 2.16. The minimum absolute atomic E-state index is 0.221. The summed E-state index contributed by atoms with van der Waals surface area (Å²) < 4.78 is 4.93. The van der Waals surface area contributed by atoms with E-state index in [0.717, 1.165) is 25.9 Å². The van der Waals surface area contributed by atoms with Crippen molar-refractivity contribution >= 4 is 17.5 Å². The Bertz CT molecular complexity index is 343. The van der Waals surface area contributed by atoms with E-state index in [0.29, 0.717) is 6.54 Å². The van der Waals surface area contributed by atoms with Gasteiger partial charge in [-0.05, 0) is 19.3 Å². The molecule has 0 saturated heterocycles. The zero-order chi connectivity index (χ0) is 12.5. The van der Waals surface area contributed by atoms with Crippen molar-refractivity contribution < 1.29 is 9.53 Å². The predicted molar refractivity (Wildman–Crippen MR) is 65.1 cm³/mol. The van der Waals surface area contributed by atoms with E-state index >= 15 is 0 Å². The molecule has 1 aromatic heterocycles. The first-order valence-electron chi connectivity index (χ1n) is 5.48. The highest BCUT2D eigenvalue weighted by Crippen LogP contribution is 2.01. The lowest BCUT2D eigenvalue weighted by Gasteiger charge is -2.04. The average molecular weight is 258 g/mol. The van der Waals surface area contributed by atoms with E-state index < -0.39 is 0 Å². The first-order valence-corrected chi connectivity index (χ1v) is 5.86. The molecule has 6 heteroatoms. The number of hydrogen-bond acceptors (Lipinski definition) is 4. The molecule has 0 bridgehead atoms. The summed E-state index contributed by atoms with van der Waals surface area (Å²) in [5.41, 5.74) is 0.284. The molecule has 1 N–H and O–H groups in total. The number of nitrogens with zero attached hydrogens (tertiary/aromatic N) is 2. The molecule has 5 nitrogen and oxygen atoms in total. The number of nitrogens with one attached hydrogen (secondary N) is 1. The van der Waals surface area contributed by atoms with Crippen molar-refractivity contribution in [2.24, 2.45) is 0 Å². The van der Waals surface area contributed by atoms with Gasteiger partial charge >= 0.3 is 0 Å². The Morgan fingerprint density at radius 3 is 2.82 bits per heavy atom. The van der Waals surface area contributed by atoms with Gasteiger partial charge in [0.2, 0.25) is 0 Å². The maximum atomic E-state index is 11.6. The van der Waals surface area contributed by atoms with Crippen LogP contribution in [-0.4, -0.2) is 36.1 Å². The fraction of sp³-hybridized carbons (Fsp3) is 0.545. The van der Waals surface area contributed by atoms with E-state index in [9.17, 15) is 4.79 Å². The highest BCUT2D eigenvalue weighted by molar-refractivity contribution is 6.29. The molecule has 1 amide bonds. The molecule has 0 unspecified atom stereocenters. The zero-order valence-electron chi connectivity index (χ0n) is 9.78. The lowest BCUT2D eigenvalue weighted by atomic mass is 10.2. The van der Waals surface area contributed by atoms with Gasteiger partial charge in [-0.15, -0.1) is 0 Å². The van der Waals surface area contributed by atoms with Crippen molar-refractivity contribution in [1.82, 2.24) is 15.3 Å². The Morgan fingerprint density at radius 2 is 2.18 bits per heavy atom. The van der Waals surface area contributed by atoms with Gasteiger partial charge in [-0.3, -0.25) is 4.79 Å². The van der Waals surface area contributed by atoms with E-state index in [4.69, 9.17) is 16.3 Å². The van der Waals surface area contributed by atoms with Crippen LogP contribution < -0.4 is 5.32 Å². The Balaban J connectivity index is 2.19. The van der Waals surface area contributed by atoms with Gasteiger partial charge in [-0.2, -0.15) is 0 Å². The van der Waals surface area contributed by atoms with E-state index in [-0.39, 0.29) is 16.8 Å². The van der Waals surface area contributed by atoms with Crippen molar-refractivity contribution in [1.29, 1.82) is 0 Å². The monoisotopic (exact) mass is 257 g/mol. The first-order chi connectivity index (χ1) is 8.24. The Morgan fingerprint density at radius 1 is 1.35 bits per heavy atom. The van der Waals surface area contributed by atoms with Crippen LogP contribution in [0.5, 0.6) is 0 Å². The number of hydrogen-bond donors (Lipinski definition) is 1. The van der Waals surface area contributed by atoms with Gasteiger partial charge in [0.05, 0.1) is 12.4 Å². The summed E-state index contributed by atoms with van der Waals surface area (Å²) in [5.74, 6) is -0.221. The first kappa shape index (κ1) is 13.9. The third kappa shape index (κ3) is 5.60. The van der Waals surface area contributed by atoms with E-state index in [1.165, 1.54) is 12.4 Å². The van der Waals surface area contributed by atoms with Gasteiger partial charge in [0.1, 0.15) is 10.8 Å². The fourth-order valence-corrected chi connectivity index (χ4v) is 1.37. The van der Waals surface area contributed by atoms with Gasteiger partial charge in [0.25, 0.3) is 5.91 Å². The normalized spacial score (nSPS) is 10.2. The predicted octanol–water partition coefficient (Wildman–Crippen LogP) is 1.68. The maximum Gasteiger partial charge on any atom is 0.271 e. The van der Waals surface area contributed by atoms with Gasteiger partial charge in [0.15, 0.2) is 0 Å². The number of unbranched alkanes of at least 4 members (excludes halogenated alkanes) is 2. The van der Waals surface area contributed by atoms with Gasteiger partial charge in [0, 0.05) is 20.3 Å². The second-order valence-corrected chi connectivity index (χ2v) is 3.92. The van der Waals surface area contributed by atoms with Gasteiger partial charge in [-0.1, -0.05) is 11.6 Å². The number of aromatic nitrogens is 2. The topological polar surface area (TPSA) is 64.1 Å². The molecule has 0 aromatic carbocycles. The van der Waals surface area contributed by atoms with Crippen LogP contribution in [0.3, 0.4) is 0 Å². The second-order valence-electron chi connectivity index (χ2n) is 3.53. The van der Waals surface area contributed by atoms with E-state index in [1.807, 2.05) is 0 Å². The number of amides is 1. The zero-order valence-corrected chi connectivity index (χ0v) is 10.5. The summed E-state index contributed by atoms with van der Waals surface area (Å²) in [6, 6.07) is 0. The van der Waals surface area contributed by atoms with Crippen LogP contribution in [0, 0.1) is 0 Å². The molecular weight excluding hydrogens is 242 g/mol. The van der Waals surface area contributed by atoms with Crippen LogP contribution in [0.1, 0.15) is 29.8 Å². The lowest BCUT2D eigenvalue weighted by molar-refractivity contribution is 0.0947. The molecule has 17 heavy (non-hydrogen) atoms. The van der Waals surface area contributed by atoms with E-state index in [2.05, 4.69) is 15.3 Å². The van der Waals surface area contributed by atoms with Crippen LogP contribution in [0.15, 0.2) is 12.4 Å². The quantitative estimate of drug-likeness (QED) is 0.755. The van der Waals surface area contributed by atoms with Crippen molar-refractivity contribution in [2.75, 3.05) is 20.3 Å². The molecule has 0 saturated carbocycles. The lowest BCUT2D eigenvalue weighted by Crippen LogP contribution is -2.25. The average Bonchev–Trinajstić information content (AvgIpc) is 2.34. The SMILES string of the molecule is COCCCCCNC(=O)c1cnc(Cl)cn1. The minimum atomic E-state index is -0.221. The molecule has 1 aromatic rings. The van der Waals surface area contributed by atoms with Crippen molar-refractivity contribution in [3.63, 3.8) is 0 Å². The summed E-state index contributed by atoms with van der Waals surface area (Å²) in [6.45, 7) is 1.39. The summed E-state index contributed by atoms with van der Waals surface area (Å²) in [4.78, 5) is 19.2. The fourth-order valence-electron chi connectivity index (χ4n) is 1.27. The number of methoxy groups -OCH3 is 1. The van der Waals surface area contributed by atoms with Crippen molar-refractivity contribution in [3.8, 4) is 0 Å². The second kappa shape index (κ2) is 7.97. The Hall–Kier alpha value is -1.20. The highest BCUT2D eigenvalue weighted by Gasteiger charge is 2.06.